The fourth-order valence-electron chi connectivity index (χ4n) is 2.87. The lowest BCUT2D eigenvalue weighted by molar-refractivity contribution is -0.126. The molecule has 116 valence electrons. The van der Waals surface area contributed by atoms with E-state index in [0.29, 0.717) is 12.6 Å². The number of hydrogen-bond acceptors (Lipinski definition) is 4. The summed E-state index contributed by atoms with van der Waals surface area (Å²) >= 11 is 0. The summed E-state index contributed by atoms with van der Waals surface area (Å²) in [5, 5.41) is 10.6. The van der Waals surface area contributed by atoms with Crippen LogP contribution >= 0.6 is 0 Å². The molecule has 0 spiro atoms. The fourth-order valence-corrected chi connectivity index (χ4v) is 2.87. The third kappa shape index (κ3) is 3.33. The van der Waals surface area contributed by atoms with E-state index in [0.717, 1.165) is 30.8 Å². The molecule has 6 nitrogen and oxygen atoms in total. The van der Waals surface area contributed by atoms with Crippen LogP contribution < -0.4 is 10.6 Å². The predicted octanol–water partition coefficient (Wildman–Crippen LogP) is 1.27. The lowest BCUT2D eigenvalue weighted by Crippen LogP contribution is -2.42. The van der Waals surface area contributed by atoms with Crippen LogP contribution in [0.15, 0.2) is 36.8 Å². The second-order valence-electron chi connectivity index (χ2n) is 5.73. The standard InChI is InChI=1S/C16H21N5O/c1-12-10-13(5-8-17-12)16(22)19-11-14-4-2-6-18-15(14)21-9-3-7-20-21/h2-4,6-7,9,12-13,17H,5,8,10-11H2,1H3,(H,19,22)/t12-,13-/m0/s1. The Kier molecular flexibility index (Phi) is 4.48. The molecule has 1 amide bonds. The molecule has 1 fully saturated rings. The number of aromatic nitrogens is 3. The molecule has 0 unspecified atom stereocenters. The average Bonchev–Trinajstić information content (AvgIpc) is 3.07. The zero-order valence-corrected chi connectivity index (χ0v) is 12.7. The van der Waals surface area contributed by atoms with E-state index in [2.05, 4.69) is 27.6 Å². The maximum atomic E-state index is 12.3. The molecular formula is C16H21N5O. The van der Waals surface area contributed by atoms with Crippen LogP contribution in [0.4, 0.5) is 0 Å². The molecule has 3 rings (SSSR count). The fraction of sp³-hybridized carbons (Fsp3) is 0.438. The van der Waals surface area contributed by atoms with Gasteiger partial charge in [0.1, 0.15) is 0 Å². The summed E-state index contributed by atoms with van der Waals surface area (Å²) in [5.74, 6) is 0.983. The monoisotopic (exact) mass is 299 g/mol. The van der Waals surface area contributed by atoms with Gasteiger partial charge in [0, 0.05) is 42.7 Å². The molecule has 2 N–H and O–H groups in total. The summed E-state index contributed by atoms with van der Waals surface area (Å²) in [4.78, 5) is 16.7. The highest BCUT2D eigenvalue weighted by molar-refractivity contribution is 5.78. The first-order valence-corrected chi connectivity index (χ1v) is 7.69. The smallest absolute Gasteiger partial charge is 0.223 e. The number of piperidine rings is 1. The van der Waals surface area contributed by atoms with E-state index in [1.165, 1.54) is 0 Å². The maximum Gasteiger partial charge on any atom is 0.223 e. The summed E-state index contributed by atoms with van der Waals surface area (Å²) in [6, 6.07) is 6.10. The maximum absolute atomic E-state index is 12.3. The van der Waals surface area contributed by atoms with Gasteiger partial charge in [-0.1, -0.05) is 6.07 Å². The normalized spacial score (nSPS) is 21.5. The molecule has 0 bridgehead atoms. The molecule has 2 aromatic rings. The first-order chi connectivity index (χ1) is 10.7. The van der Waals surface area contributed by atoms with Crippen LogP contribution in [0.25, 0.3) is 5.82 Å². The van der Waals surface area contributed by atoms with Crippen molar-refractivity contribution in [3.63, 3.8) is 0 Å². The third-order valence-electron chi connectivity index (χ3n) is 4.04. The van der Waals surface area contributed by atoms with Crippen molar-refractivity contribution in [2.24, 2.45) is 5.92 Å². The number of nitrogens with zero attached hydrogens (tertiary/aromatic N) is 3. The molecule has 1 aliphatic rings. The Hall–Kier alpha value is -2.21. The number of pyridine rings is 1. The number of hydrogen-bond donors (Lipinski definition) is 2. The first kappa shape index (κ1) is 14.7. The molecular weight excluding hydrogens is 278 g/mol. The second kappa shape index (κ2) is 6.70. The molecule has 2 atom stereocenters. The Morgan fingerprint density at radius 1 is 1.45 bits per heavy atom. The molecule has 1 aliphatic heterocycles. The molecule has 0 aliphatic carbocycles. The number of amides is 1. The molecule has 1 saturated heterocycles. The van der Waals surface area contributed by atoms with Gasteiger partial charge in [-0.3, -0.25) is 4.79 Å². The third-order valence-corrected chi connectivity index (χ3v) is 4.04. The average molecular weight is 299 g/mol. The molecule has 22 heavy (non-hydrogen) atoms. The van der Waals surface area contributed by atoms with Crippen molar-refractivity contribution in [3.05, 3.63) is 42.4 Å². The van der Waals surface area contributed by atoms with Crippen molar-refractivity contribution in [2.75, 3.05) is 6.54 Å². The van der Waals surface area contributed by atoms with Crippen molar-refractivity contribution in [3.8, 4) is 5.82 Å². The summed E-state index contributed by atoms with van der Waals surface area (Å²) in [6.45, 7) is 3.50. The summed E-state index contributed by atoms with van der Waals surface area (Å²) < 4.78 is 1.72. The number of carbonyl (C=O) groups excluding carboxylic acids is 1. The van der Waals surface area contributed by atoms with Crippen molar-refractivity contribution in [1.82, 2.24) is 25.4 Å². The Labute approximate surface area is 129 Å². The van der Waals surface area contributed by atoms with E-state index >= 15 is 0 Å². The predicted molar refractivity (Wildman–Crippen MR) is 83.4 cm³/mol. The molecule has 0 radical (unpaired) electrons. The van der Waals surface area contributed by atoms with Crippen molar-refractivity contribution in [2.45, 2.75) is 32.4 Å². The minimum Gasteiger partial charge on any atom is -0.352 e. The Morgan fingerprint density at radius 2 is 2.36 bits per heavy atom. The van der Waals surface area contributed by atoms with Crippen LogP contribution in [0.5, 0.6) is 0 Å². The van der Waals surface area contributed by atoms with Crippen molar-refractivity contribution < 1.29 is 4.79 Å². The van der Waals surface area contributed by atoms with Gasteiger partial charge >= 0.3 is 0 Å². The first-order valence-electron chi connectivity index (χ1n) is 7.69. The summed E-state index contributed by atoms with van der Waals surface area (Å²) in [6.07, 6.45) is 7.09. The Balaban J connectivity index is 1.65. The van der Waals surface area contributed by atoms with Crippen LogP contribution in [0, 0.1) is 5.92 Å². The van der Waals surface area contributed by atoms with E-state index in [9.17, 15) is 4.79 Å². The highest BCUT2D eigenvalue weighted by Crippen LogP contribution is 2.17. The number of nitrogens with one attached hydrogen (secondary N) is 2. The minimum absolute atomic E-state index is 0.0982. The van der Waals surface area contributed by atoms with Crippen molar-refractivity contribution in [1.29, 1.82) is 0 Å². The Bertz CT molecular complexity index is 625. The van der Waals surface area contributed by atoms with Gasteiger partial charge in [0.2, 0.25) is 5.91 Å². The van der Waals surface area contributed by atoms with Gasteiger partial charge in [0.05, 0.1) is 0 Å². The highest BCUT2D eigenvalue weighted by Gasteiger charge is 2.24. The van der Waals surface area contributed by atoms with Crippen molar-refractivity contribution >= 4 is 5.91 Å². The van der Waals surface area contributed by atoms with Crippen LogP contribution in [-0.2, 0) is 11.3 Å². The van der Waals surface area contributed by atoms with E-state index in [4.69, 9.17) is 0 Å². The molecule has 6 heteroatoms. The molecule has 3 heterocycles. The van der Waals surface area contributed by atoms with Gasteiger partial charge in [-0.05, 0) is 38.4 Å². The number of rotatable bonds is 4. The molecule has 2 aromatic heterocycles. The lowest BCUT2D eigenvalue weighted by atomic mass is 9.92. The van der Waals surface area contributed by atoms with Gasteiger partial charge in [0.15, 0.2) is 5.82 Å². The quantitative estimate of drug-likeness (QED) is 0.892. The summed E-state index contributed by atoms with van der Waals surface area (Å²) in [7, 11) is 0. The molecule has 0 aromatic carbocycles. The van der Waals surface area contributed by atoms with Gasteiger partial charge < -0.3 is 10.6 Å². The number of carbonyl (C=O) groups is 1. The van der Waals surface area contributed by atoms with Crippen LogP contribution in [-0.4, -0.2) is 33.3 Å². The largest absolute Gasteiger partial charge is 0.352 e. The van der Waals surface area contributed by atoms with Gasteiger partial charge in [0.25, 0.3) is 0 Å². The zero-order valence-electron chi connectivity index (χ0n) is 12.7. The van der Waals surface area contributed by atoms with E-state index in [-0.39, 0.29) is 11.8 Å². The minimum atomic E-state index is 0.0982. The summed E-state index contributed by atoms with van der Waals surface area (Å²) in [5.41, 5.74) is 0.960. The highest BCUT2D eigenvalue weighted by atomic mass is 16.1. The van der Waals surface area contributed by atoms with E-state index in [1.54, 1.807) is 17.1 Å². The SMILES string of the molecule is C[C@H]1C[C@@H](C(=O)NCc2cccnc2-n2cccn2)CCN1. The lowest BCUT2D eigenvalue weighted by Gasteiger charge is -2.27. The van der Waals surface area contributed by atoms with E-state index < -0.39 is 0 Å². The Morgan fingerprint density at radius 3 is 3.14 bits per heavy atom. The van der Waals surface area contributed by atoms with Gasteiger partial charge in [-0.25, -0.2) is 9.67 Å². The van der Waals surface area contributed by atoms with E-state index in [1.807, 2.05) is 24.4 Å². The van der Waals surface area contributed by atoms with Crippen LogP contribution in [0.3, 0.4) is 0 Å². The second-order valence-corrected chi connectivity index (χ2v) is 5.73. The van der Waals surface area contributed by atoms with Crippen LogP contribution in [0.1, 0.15) is 25.3 Å². The van der Waals surface area contributed by atoms with Gasteiger partial charge in [-0.2, -0.15) is 5.10 Å². The topological polar surface area (TPSA) is 71.8 Å². The van der Waals surface area contributed by atoms with Crippen LogP contribution in [0.2, 0.25) is 0 Å². The zero-order chi connectivity index (χ0) is 15.4. The molecule has 0 saturated carbocycles. The van der Waals surface area contributed by atoms with Gasteiger partial charge in [-0.15, -0.1) is 0 Å².